The van der Waals surface area contributed by atoms with Gasteiger partial charge in [0.2, 0.25) is 0 Å². The lowest BCUT2D eigenvalue weighted by Crippen LogP contribution is -2.37. The largest absolute Gasteiger partial charge is 0.396 e. The lowest BCUT2D eigenvalue weighted by Gasteiger charge is -2.37. The molecule has 108 valence electrons. The molecule has 0 bridgehead atoms. The number of aliphatic hydroxyl groups is 2. The van der Waals surface area contributed by atoms with Crippen LogP contribution in [0.3, 0.4) is 0 Å². The first-order valence-electron chi connectivity index (χ1n) is 7.20. The summed E-state index contributed by atoms with van der Waals surface area (Å²) in [6.45, 7) is 2.60. The van der Waals surface area contributed by atoms with Crippen molar-refractivity contribution in [3.63, 3.8) is 0 Å². The molecule has 2 N–H and O–H groups in total. The maximum atomic E-state index is 8.79. The van der Waals surface area contributed by atoms with Gasteiger partial charge in [0, 0.05) is 18.6 Å². The second-order valence-corrected chi connectivity index (χ2v) is 5.38. The van der Waals surface area contributed by atoms with E-state index in [2.05, 4.69) is 0 Å². The van der Waals surface area contributed by atoms with Gasteiger partial charge in [0.15, 0.2) is 0 Å². The Morgan fingerprint density at radius 1 is 0.722 bits per heavy atom. The zero-order chi connectivity index (χ0) is 13.1. The third kappa shape index (κ3) is 6.14. The van der Waals surface area contributed by atoms with Gasteiger partial charge in [-0.2, -0.15) is 0 Å². The Morgan fingerprint density at radius 2 is 1.22 bits per heavy atom. The standard InChI is InChI=1S/C14H28O4/c15-9-5-1-3-7-14(8-4-2-6-10-16)11-17-13-18-12-14/h15-16H,1-13H2. The van der Waals surface area contributed by atoms with Crippen LogP contribution in [0, 0.1) is 5.41 Å². The SMILES string of the molecule is OCCCCCC1(CCCCCO)COCOC1. The summed E-state index contributed by atoms with van der Waals surface area (Å²) in [6.07, 6.45) is 8.44. The van der Waals surface area contributed by atoms with Gasteiger partial charge in [0.25, 0.3) is 0 Å². The fourth-order valence-corrected chi connectivity index (χ4v) is 2.61. The van der Waals surface area contributed by atoms with Gasteiger partial charge in [-0.05, 0) is 25.7 Å². The average molecular weight is 260 g/mol. The molecule has 0 atom stereocenters. The molecule has 1 aliphatic heterocycles. The molecule has 4 nitrogen and oxygen atoms in total. The minimum atomic E-state index is 0.170. The molecule has 1 aliphatic rings. The minimum absolute atomic E-state index is 0.170. The first kappa shape index (κ1) is 15.9. The molecule has 0 aromatic rings. The van der Waals surface area contributed by atoms with E-state index in [1.807, 2.05) is 0 Å². The molecule has 1 saturated heterocycles. The topological polar surface area (TPSA) is 58.9 Å². The number of hydrogen-bond donors (Lipinski definition) is 2. The molecule has 0 aromatic heterocycles. The minimum Gasteiger partial charge on any atom is -0.396 e. The summed E-state index contributed by atoms with van der Waals surface area (Å²) in [7, 11) is 0. The van der Waals surface area contributed by atoms with E-state index in [0.29, 0.717) is 6.79 Å². The summed E-state index contributed by atoms with van der Waals surface area (Å²) >= 11 is 0. The first-order valence-corrected chi connectivity index (χ1v) is 7.20. The third-order valence-corrected chi connectivity index (χ3v) is 3.71. The Kier molecular flexibility index (Phi) is 8.59. The molecule has 0 amide bonds. The van der Waals surface area contributed by atoms with Gasteiger partial charge < -0.3 is 19.7 Å². The van der Waals surface area contributed by atoms with Gasteiger partial charge in [0.05, 0.1) is 13.2 Å². The Bertz CT molecular complexity index is 176. The van der Waals surface area contributed by atoms with Crippen LogP contribution in [0.4, 0.5) is 0 Å². The van der Waals surface area contributed by atoms with Crippen molar-refractivity contribution in [1.82, 2.24) is 0 Å². The Labute approximate surface area is 110 Å². The number of aliphatic hydroxyl groups excluding tert-OH is 2. The summed E-state index contributed by atoms with van der Waals surface area (Å²) in [6, 6.07) is 0. The van der Waals surface area contributed by atoms with Crippen LogP contribution in [-0.2, 0) is 9.47 Å². The van der Waals surface area contributed by atoms with Crippen LogP contribution in [0.25, 0.3) is 0 Å². The summed E-state index contributed by atoms with van der Waals surface area (Å²) in [5, 5.41) is 17.6. The van der Waals surface area contributed by atoms with E-state index >= 15 is 0 Å². The van der Waals surface area contributed by atoms with Crippen molar-refractivity contribution in [3.05, 3.63) is 0 Å². The summed E-state index contributed by atoms with van der Waals surface area (Å²) in [4.78, 5) is 0. The third-order valence-electron chi connectivity index (χ3n) is 3.71. The first-order chi connectivity index (χ1) is 8.83. The molecule has 0 radical (unpaired) electrons. The van der Waals surface area contributed by atoms with Crippen molar-refractivity contribution >= 4 is 0 Å². The molecule has 0 aliphatic carbocycles. The van der Waals surface area contributed by atoms with Crippen molar-refractivity contribution in [2.45, 2.75) is 51.4 Å². The van der Waals surface area contributed by atoms with Gasteiger partial charge in [-0.25, -0.2) is 0 Å². The predicted molar refractivity (Wildman–Crippen MR) is 70.3 cm³/mol. The monoisotopic (exact) mass is 260 g/mol. The van der Waals surface area contributed by atoms with Crippen molar-refractivity contribution in [1.29, 1.82) is 0 Å². The van der Waals surface area contributed by atoms with Gasteiger partial charge >= 0.3 is 0 Å². The van der Waals surface area contributed by atoms with Crippen LogP contribution in [0.5, 0.6) is 0 Å². The highest BCUT2D eigenvalue weighted by atomic mass is 16.7. The maximum Gasteiger partial charge on any atom is 0.146 e. The van der Waals surface area contributed by atoms with Crippen molar-refractivity contribution < 1.29 is 19.7 Å². The van der Waals surface area contributed by atoms with Gasteiger partial charge in [-0.3, -0.25) is 0 Å². The molecule has 0 saturated carbocycles. The highest BCUT2D eigenvalue weighted by molar-refractivity contribution is 4.80. The zero-order valence-electron chi connectivity index (χ0n) is 11.4. The zero-order valence-corrected chi connectivity index (χ0v) is 11.4. The van der Waals surface area contributed by atoms with E-state index < -0.39 is 0 Å². The normalized spacial score (nSPS) is 19.0. The average Bonchev–Trinajstić information content (AvgIpc) is 2.41. The van der Waals surface area contributed by atoms with E-state index in [-0.39, 0.29) is 18.6 Å². The quantitative estimate of drug-likeness (QED) is 0.590. The highest BCUT2D eigenvalue weighted by Gasteiger charge is 2.32. The number of hydrogen-bond acceptors (Lipinski definition) is 4. The van der Waals surface area contributed by atoms with E-state index in [9.17, 15) is 0 Å². The van der Waals surface area contributed by atoms with Crippen LogP contribution in [0.1, 0.15) is 51.4 Å². The second-order valence-electron chi connectivity index (χ2n) is 5.38. The fourth-order valence-electron chi connectivity index (χ4n) is 2.61. The molecule has 0 unspecified atom stereocenters. The van der Waals surface area contributed by atoms with E-state index in [0.717, 1.165) is 64.6 Å². The van der Waals surface area contributed by atoms with Crippen LogP contribution in [0.2, 0.25) is 0 Å². The summed E-state index contributed by atoms with van der Waals surface area (Å²) in [5.74, 6) is 0. The van der Waals surface area contributed by atoms with Gasteiger partial charge in [0.1, 0.15) is 6.79 Å². The highest BCUT2D eigenvalue weighted by Crippen LogP contribution is 2.34. The van der Waals surface area contributed by atoms with Gasteiger partial charge in [-0.15, -0.1) is 0 Å². The summed E-state index contributed by atoms with van der Waals surface area (Å²) < 4.78 is 11.0. The second kappa shape index (κ2) is 9.73. The van der Waals surface area contributed by atoms with Crippen molar-refractivity contribution in [2.75, 3.05) is 33.2 Å². The molecule has 0 spiro atoms. The Morgan fingerprint density at radius 3 is 1.67 bits per heavy atom. The van der Waals surface area contributed by atoms with Crippen LogP contribution in [0.15, 0.2) is 0 Å². The Hall–Kier alpha value is -0.160. The fraction of sp³-hybridized carbons (Fsp3) is 1.00. The number of unbranched alkanes of at least 4 members (excludes halogenated alkanes) is 4. The lowest BCUT2D eigenvalue weighted by atomic mass is 9.79. The van der Waals surface area contributed by atoms with Crippen molar-refractivity contribution in [2.24, 2.45) is 5.41 Å². The van der Waals surface area contributed by atoms with Gasteiger partial charge in [-0.1, -0.05) is 25.7 Å². The smallest absolute Gasteiger partial charge is 0.146 e. The van der Waals surface area contributed by atoms with E-state index in [4.69, 9.17) is 19.7 Å². The lowest BCUT2D eigenvalue weighted by molar-refractivity contribution is -0.170. The molecular formula is C14H28O4. The van der Waals surface area contributed by atoms with Crippen LogP contribution in [-0.4, -0.2) is 43.4 Å². The molecule has 1 rings (SSSR count). The molecule has 1 heterocycles. The molecule has 1 fully saturated rings. The Balaban J connectivity index is 2.27. The molecule has 0 aromatic carbocycles. The molecule has 4 heteroatoms. The predicted octanol–water partition coefficient (Wildman–Crippen LogP) is 2.08. The van der Waals surface area contributed by atoms with E-state index in [1.54, 1.807) is 0 Å². The van der Waals surface area contributed by atoms with Crippen LogP contribution < -0.4 is 0 Å². The number of rotatable bonds is 10. The molecular weight excluding hydrogens is 232 g/mol. The summed E-state index contributed by atoms with van der Waals surface area (Å²) in [5.41, 5.74) is 0.170. The molecule has 18 heavy (non-hydrogen) atoms. The van der Waals surface area contributed by atoms with Crippen LogP contribution >= 0.6 is 0 Å². The van der Waals surface area contributed by atoms with E-state index in [1.165, 1.54) is 0 Å². The maximum absolute atomic E-state index is 8.79. The van der Waals surface area contributed by atoms with Crippen molar-refractivity contribution in [3.8, 4) is 0 Å². The number of ether oxygens (including phenoxy) is 2.